The van der Waals surface area contributed by atoms with Crippen LogP contribution in [-0.4, -0.2) is 15.5 Å². The minimum atomic E-state index is -0.395. The van der Waals surface area contributed by atoms with Crippen molar-refractivity contribution in [2.75, 3.05) is 0 Å². The van der Waals surface area contributed by atoms with Crippen LogP contribution in [0.1, 0.15) is 33.0 Å². The molecule has 122 valence electrons. The summed E-state index contributed by atoms with van der Waals surface area (Å²) in [5, 5.41) is 0. The maximum Gasteiger partial charge on any atom is 0.251 e. The zero-order valence-corrected chi connectivity index (χ0v) is 14.2. The fourth-order valence-electron chi connectivity index (χ4n) is 3.26. The summed E-state index contributed by atoms with van der Waals surface area (Å²) in [5.41, 5.74) is 12.3. The molecule has 0 saturated carbocycles. The number of hydrogen-bond donors (Lipinski definition) is 1. The van der Waals surface area contributed by atoms with Crippen LogP contribution in [0.2, 0.25) is 0 Å². The Kier molecular flexibility index (Phi) is 4.21. The number of carbonyl (C=O) groups excluding carboxylic acids is 1. The van der Waals surface area contributed by atoms with E-state index in [1.165, 1.54) is 0 Å². The van der Waals surface area contributed by atoms with Gasteiger partial charge in [0.15, 0.2) is 0 Å². The second kappa shape index (κ2) is 6.32. The van der Waals surface area contributed by atoms with Gasteiger partial charge < -0.3 is 10.3 Å². The Bertz CT molecular complexity index is 895. The third-order valence-corrected chi connectivity index (χ3v) is 4.49. The van der Waals surface area contributed by atoms with Gasteiger partial charge in [-0.15, -0.1) is 0 Å². The molecule has 3 rings (SSSR count). The molecule has 0 atom stereocenters. The number of aromatic nitrogens is 2. The smallest absolute Gasteiger partial charge is 0.251 e. The van der Waals surface area contributed by atoms with Crippen LogP contribution in [0.3, 0.4) is 0 Å². The van der Waals surface area contributed by atoms with Crippen molar-refractivity contribution >= 4 is 5.91 Å². The third-order valence-electron chi connectivity index (χ3n) is 4.49. The summed E-state index contributed by atoms with van der Waals surface area (Å²) in [7, 11) is 0. The molecule has 0 bridgehead atoms. The Hall–Kier alpha value is -2.88. The third kappa shape index (κ3) is 2.71. The van der Waals surface area contributed by atoms with Crippen molar-refractivity contribution in [2.24, 2.45) is 5.73 Å². The maximum absolute atomic E-state index is 12.1. The Morgan fingerprint density at radius 3 is 2.38 bits per heavy atom. The molecular formula is C20H21N3O. The van der Waals surface area contributed by atoms with E-state index in [9.17, 15) is 4.79 Å². The van der Waals surface area contributed by atoms with Crippen LogP contribution in [0, 0.1) is 20.8 Å². The van der Waals surface area contributed by atoms with E-state index in [-0.39, 0.29) is 0 Å². The first kappa shape index (κ1) is 16.0. The normalized spacial score (nSPS) is 10.8. The SMILES string of the molecule is Cc1ccccc1-c1c(C(N)=O)c(C)n(Cc2ccccn2)c1C. The van der Waals surface area contributed by atoms with Gasteiger partial charge >= 0.3 is 0 Å². The molecule has 0 aliphatic rings. The quantitative estimate of drug-likeness (QED) is 0.798. The van der Waals surface area contributed by atoms with E-state index in [2.05, 4.69) is 9.55 Å². The molecule has 2 N–H and O–H groups in total. The van der Waals surface area contributed by atoms with Gasteiger partial charge in [-0.05, 0) is 44.0 Å². The summed E-state index contributed by atoms with van der Waals surface area (Å²) in [4.78, 5) is 16.5. The van der Waals surface area contributed by atoms with Gasteiger partial charge in [0.05, 0.1) is 17.8 Å². The monoisotopic (exact) mass is 319 g/mol. The molecule has 0 saturated heterocycles. The van der Waals surface area contributed by atoms with Crippen molar-refractivity contribution in [2.45, 2.75) is 27.3 Å². The first-order valence-electron chi connectivity index (χ1n) is 7.96. The molecule has 1 amide bonds. The van der Waals surface area contributed by atoms with Crippen LogP contribution in [0.4, 0.5) is 0 Å². The largest absolute Gasteiger partial charge is 0.366 e. The van der Waals surface area contributed by atoms with Crippen LogP contribution in [0.5, 0.6) is 0 Å². The van der Waals surface area contributed by atoms with Gasteiger partial charge in [-0.2, -0.15) is 0 Å². The van der Waals surface area contributed by atoms with E-state index in [4.69, 9.17) is 5.73 Å². The lowest BCUT2D eigenvalue weighted by atomic mass is 9.96. The van der Waals surface area contributed by atoms with E-state index < -0.39 is 5.91 Å². The Morgan fingerprint density at radius 1 is 1.04 bits per heavy atom. The Labute approximate surface area is 142 Å². The Morgan fingerprint density at radius 2 is 1.75 bits per heavy atom. The number of aryl methyl sites for hydroxylation is 1. The van der Waals surface area contributed by atoms with Crippen LogP contribution in [-0.2, 0) is 6.54 Å². The highest BCUT2D eigenvalue weighted by Crippen LogP contribution is 2.34. The molecule has 2 aromatic heterocycles. The Balaban J connectivity index is 2.21. The first-order chi connectivity index (χ1) is 11.5. The van der Waals surface area contributed by atoms with Crippen molar-refractivity contribution in [1.29, 1.82) is 0 Å². The predicted octanol–water partition coefficient (Wildman–Crippen LogP) is 3.62. The van der Waals surface area contributed by atoms with Crippen LogP contribution in [0.15, 0.2) is 48.7 Å². The fraction of sp³-hybridized carbons (Fsp3) is 0.200. The highest BCUT2D eigenvalue weighted by Gasteiger charge is 2.23. The molecule has 4 heteroatoms. The summed E-state index contributed by atoms with van der Waals surface area (Å²) in [6.07, 6.45) is 1.78. The molecule has 0 fully saturated rings. The van der Waals surface area contributed by atoms with Crippen LogP contribution in [0.25, 0.3) is 11.1 Å². The highest BCUT2D eigenvalue weighted by atomic mass is 16.1. The van der Waals surface area contributed by atoms with Crippen LogP contribution >= 0.6 is 0 Å². The number of nitrogens with two attached hydrogens (primary N) is 1. The molecule has 0 spiro atoms. The topological polar surface area (TPSA) is 60.9 Å². The van der Waals surface area contributed by atoms with Crippen molar-refractivity contribution < 1.29 is 4.79 Å². The first-order valence-corrected chi connectivity index (χ1v) is 7.96. The molecule has 0 aliphatic carbocycles. The average molecular weight is 319 g/mol. The average Bonchev–Trinajstić information content (AvgIpc) is 2.81. The lowest BCUT2D eigenvalue weighted by molar-refractivity contribution is 0.1000. The summed E-state index contributed by atoms with van der Waals surface area (Å²) >= 11 is 0. The summed E-state index contributed by atoms with van der Waals surface area (Å²) in [5.74, 6) is -0.395. The van der Waals surface area contributed by atoms with Gasteiger partial charge in [-0.3, -0.25) is 9.78 Å². The van der Waals surface area contributed by atoms with E-state index in [1.807, 2.05) is 63.2 Å². The summed E-state index contributed by atoms with van der Waals surface area (Å²) < 4.78 is 2.12. The molecule has 0 radical (unpaired) electrons. The number of primary amides is 1. The van der Waals surface area contributed by atoms with E-state index in [0.717, 1.165) is 33.8 Å². The molecule has 0 aliphatic heterocycles. The summed E-state index contributed by atoms with van der Waals surface area (Å²) in [6.45, 7) is 6.64. The van der Waals surface area contributed by atoms with Gasteiger partial charge in [0.2, 0.25) is 0 Å². The van der Waals surface area contributed by atoms with Gasteiger partial charge in [0.1, 0.15) is 0 Å². The van der Waals surface area contributed by atoms with Crippen molar-refractivity contribution in [3.8, 4) is 11.1 Å². The number of carbonyl (C=O) groups is 1. The van der Waals surface area contributed by atoms with Gasteiger partial charge in [-0.25, -0.2) is 0 Å². The zero-order valence-electron chi connectivity index (χ0n) is 14.2. The standard InChI is InChI=1S/C20H21N3O/c1-13-8-4-5-10-17(13)18-14(2)23(15(3)19(18)20(21)24)12-16-9-6-7-11-22-16/h4-11H,12H2,1-3H3,(H2,21,24). The molecule has 4 nitrogen and oxygen atoms in total. The van der Waals surface area contributed by atoms with Gasteiger partial charge in [0, 0.05) is 23.1 Å². The molecule has 3 aromatic rings. The number of hydrogen-bond acceptors (Lipinski definition) is 2. The molecule has 24 heavy (non-hydrogen) atoms. The van der Waals surface area contributed by atoms with Crippen LogP contribution < -0.4 is 5.73 Å². The number of benzene rings is 1. The lowest BCUT2D eigenvalue weighted by Gasteiger charge is -2.10. The zero-order chi connectivity index (χ0) is 17.3. The lowest BCUT2D eigenvalue weighted by Crippen LogP contribution is -2.14. The summed E-state index contributed by atoms with van der Waals surface area (Å²) in [6, 6.07) is 13.9. The highest BCUT2D eigenvalue weighted by molar-refractivity contribution is 6.02. The minimum Gasteiger partial charge on any atom is -0.366 e. The predicted molar refractivity (Wildman–Crippen MR) is 95.9 cm³/mol. The maximum atomic E-state index is 12.1. The number of pyridine rings is 1. The molecule has 0 unspecified atom stereocenters. The molecule has 2 heterocycles. The van der Waals surface area contributed by atoms with E-state index in [1.54, 1.807) is 6.20 Å². The van der Waals surface area contributed by atoms with E-state index >= 15 is 0 Å². The molecular weight excluding hydrogens is 298 g/mol. The van der Waals surface area contributed by atoms with Crippen molar-refractivity contribution in [3.63, 3.8) is 0 Å². The van der Waals surface area contributed by atoms with Crippen molar-refractivity contribution in [3.05, 3.63) is 76.9 Å². The second-order valence-corrected chi connectivity index (χ2v) is 6.01. The second-order valence-electron chi connectivity index (χ2n) is 6.01. The number of rotatable bonds is 4. The minimum absolute atomic E-state index is 0.395. The van der Waals surface area contributed by atoms with Gasteiger partial charge in [-0.1, -0.05) is 30.3 Å². The molecule has 1 aromatic carbocycles. The number of nitrogens with zero attached hydrogens (tertiary/aromatic N) is 2. The van der Waals surface area contributed by atoms with E-state index in [0.29, 0.717) is 12.1 Å². The fourth-order valence-corrected chi connectivity index (χ4v) is 3.26. The van der Waals surface area contributed by atoms with Gasteiger partial charge in [0.25, 0.3) is 5.91 Å². The number of amides is 1. The van der Waals surface area contributed by atoms with Crippen molar-refractivity contribution in [1.82, 2.24) is 9.55 Å².